The highest BCUT2D eigenvalue weighted by atomic mass is 16.5. The molecule has 3 rings (SSSR count). The Labute approximate surface area is 139 Å². The zero-order valence-corrected chi connectivity index (χ0v) is 14.3. The van der Waals surface area contributed by atoms with Crippen molar-refractivity contribution in [3.05, 3.63) is 12.2 Å². The Morgan fingerprint density at radius 1 is 1.22 bits per heavy atom. The number of amides is 2. The maximum atomic E-state index is 12.5. The summed E-state index contributed by atoms with van der Waals surface area (Å²) >= 11 is 0. The fourth-order valence-corrected chi connectivity index (χ4v) is 3.81. The van der Waals surface area contributed by atoms with Crippen molar-refractivity contribution in [1.82, 2.24) is 20.0 Å². The molecule has 2 amide bonds. The van der Waals surface area contributed by atoms with Crippen molar-refractivity contribution in [3.63, 3.8) is 0 Å². The van der Waals surface area contributed by atoms with E-state index in [-0.39, 0.29) is 6.03 Å². The van der Waals surface area contributed by atoms with Crippen LogP contribution in [0.25, 0.3) is 0 Å². The molecule has 3 aliphatic heterocycles. The standard InChI is InChI=1S/C17H30N4O2/c1-14(2)11-19-5-3-15(4-6-19)18-17(22)21-8-7-20-9-10-23-13-16(20)12-21/h15-16H,1,3-13H2,2H3,(H,18,22)/t16-/m1/s1. The van der Waals surface area contributed by atoms with E-state index in [0.717, 1.165) is 71.9 Å². The number of carbonyl (C=O) groups excluding carboxylic acids is 1. The summed E-state index contributed by atoms with van der Waals surface area (Å²) in [6, 6.07) is 0.791. The molecule has 23 heavy (non-hydrogen) atoms. The lowest BCUT2D eigenvalue weighted by atomic mass is 10.0. The summed E-state index contributed by atoms with van der Waals surface area (Å²) in [4.78, 5) is 19.4. The average Bonchev–Trinajstić information content (AvgIpc) is 2.55. The highest BCUT2D eigenvalue weighted by molar-refractivity contribution is 5.74. The van der Waals surface area contributed by atoms with Crippen LogP contribution in [0.4, 0.5) is 4.79 Å². The molecule has 0 unspecified atom stereocenters. The van der Waals surface area contributed by atoms with Gasteiger partial charge in [0.2, 0.25) is 0 Å². The highest BCUT2D eigenvalue weighted by Gasteiger charge is 2.32. The van der Waals surface area contributed by atoms with Crippen molar-refractivity contribution >= 4 is 6.03 Å². The number of nitrogens with zero attached hydrogens (tertiary/aromatic N) is 3. The van der Waals surface area contributed by atoms with Gasteiger partial charge in [-0.3, -0.25) is 9.80 Å². The molecular formula is C17H30N4O2. The predicted octanol–water partition coefficient (Wildman–Crippen LogP) is 0.753. The van der Waals surface area contributed by atoms with Gasteiger partial charge in [0.1, 0.15) is 0 Å². The van der Waals surface area contributed by atoms with Crippen LogP contribution in [-0.2, 0) is 4.74 Å². The van der Waals surface area contributed by atoms with Crippen molar-refractivity contribution < 1.29 is 9.53 Å². The van der Waals surface area contributed by atoms with Gasteiger partial charge in [0.05, 0.1) is 19.3 Å². The zero-order chi connectivity index (χ0) is 16.2. The molecule has 0 aliphatic carbocycles. The summed E-state index contributed by atoms with van der Waals surface area (Å²) in [5.41, 5.74) is 1.21. The number of rotatable bonds is 3. The van der Waals surface area contributed by atoms with Gasteiger partial charge in [-0.2, -0.15) is 0 Å². The molecule has 1 N–H and O–H groups in total. The first-order valence-corrected chi connectivity index (χ1v) is 8.86. The lowest BCUT2D eigenvalue weighted by Gasteiger charge is -2.44. The van der Waals surface area contributed by atoms with Crippen LogP contribution in [0.1, 0.15) is 19.8 Å². The van der Waals surface area contributed by atoms with E-state index in [1.165, 1.54) is 5.57 Å². The van der Waals surface area contributed by atoms with Gasteiger partial charge in [0.25, 0.3) is 0 Å². The van der Waals surface area contributed by atoms with Gasteiger partial charge in [0.15, 0.2) is 0 Å². The Bertz CT molecular complexity index is 434. The van der Waals surface area contributed by atoms with Gasteiger partial charge >= 0.3 is 6.03 Å². The van der Waals surface area contributed by atoms with Crippen LogP contribution in [0, 0.1) is 0 Å². The molecular weight excluding hydrogens is 292 g/mol. The monoisotopic (exact) mass is 322 g/mol. The molecule has 0 aromatic carbocycles. The van der Waals surface area contributed by atoms with Crippen molar-refractivity contribution in [2.75, 3.05) is 59.0 Å². The fraction of sp³-hybridized carbons (Fsp3) is 0.824. The van der Waals surface area contributed by atoms with Crippen LogP contribution < -0.4 is 5.32 Å². The van der Waals surface area contributed by atoms with Crippen LogP contribution in [0.15, 0.2) is 12.2 Å². The van der Waals surface area contributed by atoms with Gasteiger partial charge in [-0.15, -0.1) is 0 Å². The second-order valence-electron chi connectivity index (χ2n) is 7.17. The van der Waals surface area contributed by atoms with E-state index in [9.17, 15) is 4.79 Å². The second-order valence-corrected chi connectivity index (χ2v) is 7.17. The van der Waals surface area contributed by atoms with E-state index >= 15 is 0 Å². The molecule has 3 aliphatic rings. The summed E-state index contributed by atoms with van der Waals surface area (Å²) in [7, 11) is 0. The smallest absolute Gasteiger partial charge is 0.317 e. The summed E-state index contributed by atoms with van der Waals surface area (Å²) in [6.45, 7) is 14.3. The highest BCUT2D eigenvalue weighted by Crippen LogP contribution is 2.15. The first-order valence-electron chi connectivity index (χ1n) is 8.86. The molecule has 0 spiro atoms. The minimum absolute atomic E-state index is 0.105. The number of hydrogen-bond acceptors (Lipinski definition) is 4. The third-order valence-corrected chi connectivity index (χ3v) is 5.13. The first kappa shape index (κ1) is 16.7. The molecule has 130 valence electrons. The van der Waals surface area contributed by atoms with Gasteiger partial charge in [0, 0.05) is 51.9 Å². The molecule has 0 aromatic heterocycles. The summed E-state index contributed by atoms with van der Waals surface area (Å²) < 4.78 is 5.55. The second kappa shape index (κ2) is 7.64. The average molecular weight is 322 g/mol. The SMILES string of the molecule is C=C(C)CN1CCC(NC(=O)N2CCN3CCOC[C@H]3C2)CC1. The number of piperazine rings is 1. The molecule has 0 radical (unpaired) electrons. The third-order valence-electron chi connectivity index (χ3n) is 5.13. The van der Waals surface area contributed by atoms with Crippen molar-refractivity contribution in [3.8, 4) is 0 Å². The molecule has 0 saturated carbocycles. The van der Waals surface area contributed by atoms with E-state index in [1.54, 1.807) is 0 Å². The molecule has 0 bridgehead atoms. The minimum Gasteiger partial charge on any atom is -0.378 e. The molecule has 3 fully saturated rings. The van der Waals surface area contributed by atoms with Crippen molar-refractivity contribution in [2.45, 2.75) is 31.8 Å². The summed E-state index contributed by atoms with van der Waals surface area (Å²) in [5, 5.41) is 3.24. The number of morpholine rings is 1. The van der Waals surface area contributed by atoms with E-state index < -0.39 is 0 Å². The fourth-order valence-electron chi connectivity index (χ4n) is 3.81. The van der Waals surface area contributed by atoms with E-state index in [2.05, 4.69) is 28.6 Å². The third kappa shape index (κ3) is 4.46. The molecule has 3 heterocycles. The number of nitrogens with one attached hydrogen (secondary N) is 1. The minimum atomic E-state index is 0.105. The maximum Gasteiger partial charge on any atom is 0.317 e. The number of urea groups is 1. The number of likely N-dealkylation sites (tertiary alicyclic amines) is 1. The van der Waals surface area contributed by atoms with E-state index in [4.69, 9.17) is 4.74 Å². The summed E-state index contributed by atoms with van der Waals surface area (Å²) in [6.07, 6.45) is 2.07. The number of fused-ring (bicyclic) bond motifs is 1. The molecule has 6 nitrogen and oxygen atoms in total. The van der Waals surface area contributed by atoms with Crippen LogP contribution in [0.3, 0.4) is 0 Å². The Balaban J connectivity index is 1.42. The maximum absolute atomic E-state index is 12.5. The van der Waals surface area contributed by atoms with Gasteiger partial charge in [-0.25, -0.2) is 4.79 Å². The van der Waals surface area contributed by atoms with Crippen LogP contribution in [0.2, 0.25) is 0 Å². The Kier molecular flexibility index (Phi) is 5.56. The van der Waals surface area contributed by atoms with Gasteiger partial charge < -0.3 is 15.0 Å². The Morgan fingerprint density at radius 2 is 2.00 bits per heavy atom. The number of hydrogen-bond donors (Lipinski definition) is 1. The number of ether oxygens (including phenoxy) is 1. The quantitative estimate of drug-likeness (QED) is 0.779. The van der Waals surface area contributed by atoms with Gasteiger partial charge in [-0.05, 0) is 19.8 Å². The molecule has 0 aromatic rings. The van der Waals surface area contributed by atoms with Crippen LogP contribution in [0.5, 0.6) is 0 Å². The molecule has 6 heteroatoms. The Morgan fingerprint density at radius 3 is 2.74 bits per heavy atom. The molecule has 3 saturated heterocycles. The predicted molar refractivity (Wildman–Crippen MR) is 90.6 cm³/mol. The topological polar surface area (TPSA) is 48.1 Å². The van der Waals surface area contributed by atoms with Crippen molar-refractivity contribution in [1.29, 1.82) is 0 Å². The van der Waals surface area contributed by atoms with Gasteiger partial charge in [-0.1, -0.05) is 12.2 Å². The van der Waals surface area contributed by atoms with Crippen LogP contribution in [-0.4, -0.2) is 91.8 Å². The van der Waals surface area contributed by atoms with E-state index in [0.29, 0.717) is 12.1 Å². The lowest BCUT2D eigenvalue weighted by Crippen LogP contribution is -2.61. The largest absolute Gasteiger partial charge is 0.378 e. The number of carbonyl (C=O) groups is 1. The first-order chi connectivity index (χ1) is 11.1. The van der Waals surface area contributed by atoms with Crippen LogP contribution >= 0.6 is 0 Å². The van der Waals surface area contributed by atoms with E-state index in [1.807, 2.05) is 4.90 Å². The summed E-state index contributed by atoms with van der Waals surface area (Å²) in [5.74, 6) is 0. The normalized spacial score (nSPS) is 27.5. The Hall–Kier alpha value is -1.11. The zero-order valence-electron chi connectivity index (χ0n) is 14.3. The van der Waals surface area contributed by atoms with Crippen molar-refractivity contribution in [2.24, 2.45) is 0 Å². The lowest BCUT2D eigenvalue weighted by molar-refractivity contribution is -0.0367. The number of piperidine rings is 1. The molecule has 1 atom stereocenters.